The van der Waals surface area contributed by atoms with E-state index >= 15 is 0 Å². The van der Waals surface area contributed by atoms with Gasteiger partial charge in [0.2, 0.25) is 0 Å². The molecule has 1 fully saturated rings. The van der Waals surface area contributed by atoms with Crippen LogP contribution in [0.2, 0.25) is 9.45 Å². The first-order valence-corrected chi connectivity index (χ1v) is 10.9. The van der Waals surface area contributed by atoms with Crippen molar-refractivity contribution in [2.45, 2.75) is 36.1 Å². The topological polar surface area (TPSA) is 0 Å². The SMILES string of the molecule is C[C](C)=[Ti+2]1([C]2=CC=CC2)([C]2=CC=CC2)[CH2][CH2]1.[Cl-].[Cl-]. The Morgan fingerprint density at radius 2 is 1.33 bits per heavy atom. The third-order valence-corrected chi connectivity index (χ3v) is 18.2. The fourth-order valence-corrected chi connectivity index (χ4v) is 16.6. The van der Waals surface area contributed by atoms with E-state index in [1.165, 1.54) is 22.3 Å². The van der Waals surface area contributed by atoms with Crippen LogP contribution in [0.15, 0.2) is 44.2 Å². The van der Waals surface area contributed by atoms with E-state index in [0.29, 0.717) is 0 Å². The minimum Gasteiger partial charge on any atom is -1.00 e. The predicted molar refractivity (Wildman–Crippen MR) is 69.6 cm³/mol. The molecule has 0 spiro atoms. The third-order valence-electron chi connectivity index (χ3n) is 5.30. The summed E-state index contributed by atoms with van der Waals surface area (Å²) < 4.78 is 8.46. The van der Waals surface area contributed by atoms with E-state index < -0.39 is 14.8 Å². The molecule has 1 saturated heterocycles. The molecular formula is C15H20Cl2Ti. The molecule has 0 unspecified atom stereocenters. The molecule has 0 aromatic carbocycles. The van der Waals surface area contributed by atoms with Crippen LogP contribution in [0.3, 0.4) is 0 Å². The molecule has 0 N–H and O–H groups in total. The number of hydrogen-bond acceptors (Lipinski definition) is 0. The van der Waals surface area contributed by atoms with Gasteiger partial charge in [-0.1, -0.05) is 0 Å². The van der Waals surface area contributed by atoms with Crippen molar-refractivity contribution in [2.24, 2.45) is 0 Å². The van der Waals surface area contributed by atoms with Crippen molar-refractivity contribution in [3.63, 3.8) is 0 Å². The summed E-state index contributed by atoms with van der Waals surface area (Å²) in [7, 11) is 0. The molecule has 3 heteroatoms. The maximum absolute atomic E-state index is 2.46. The summed E-state index contributed by atoms with van der Waals surface area (Å²) in [5.74, 6) is 0. The summed E-state index contributed by atoms with van der Waals surface area (Å²) in [6.45, 7) is 4.81. The van der Waals surface area contributed by atoms with Gasteiger partial charge >= 0.3 is 99.0 Å². The Hall–Kier alpha value is 0.124. The minimum atomic E-state index is -2.46. The van der Waals surface area contributed by atoms with Gasteiger partial charge in [-0.2, -0.15) is 0 Å². The second-order valence-electron chi connectivity index (χ2n) is 5.83. The van der Waals surface area contributed by atoms with Crippen molar-refractivity contribution in [3.8, 4) is 0 Å². The van der Waals surface area contributed by atoms with E-state index in [1.54, 1.807) is 3.81 Å². The third kappa shape index (κ3) is 1.81. The summed E-state index contributed by atoms with van der Waals surface area (Å²) in [5, 5.41) is 0. The predicted octanol–water partition coefficient (Wildman–Crippen LogP) is -1.57. The van der Waals surface area contributed by atoms with Crippen LogP contribution < -0.4 is 24.8 Å². The first-order chi connectivity index (χ1) is 7.69. The minimum absolute atomic E-state index is 0. The molecule has 18 heavy (non-hydrogen) atoms. The smallest absolute Gasteiger partial charge is 1.00 e. The maximum Gasteiger partial charge on any atom is -1.00 e. The standard InChI is InChI=1S/2C5H5.C3H6.C2H4.2ClH.Ti/c2*1-2-4-5-3-1;1-3-2;1-2;;;/h2*1-3H,4H2;1-2H3;1-2H2;2*1H;/q;;;;;;+2/p-2. The molecule has 0 atom stereocenters. The van der Waals surface area contributed by atoms with E-state index in [1.807, 2.05) is 7.76 Å². The van der Waals surface area contributed by atoms with Crippen molar-refractivity contribution in [1.29, 1.82) is 0 Å². The van der Waals surface area contributed by atoms with Gasteiger partial charge in [-0.15, -0.1) is 0 Å². The monoisotopic (exact) mass is 318 g/mol. The summed E-state index contributed by atoms with van der Waals surface area (Å²) in [6.07, 6.45) is 16.6. The molecule has 2 aliphatic carbocycles. The molecule has 3 rings (SSSR count). The average molecular weight is 319 g/mol. The molecule has 0 nitrogen and oxygen atoms in total. The van der Waals surface area contributed by atoms with Crippen molar-refractivity contribution < 1.29 is 39.7 Å². The second-order valence-corrected chi connectivity index (χ2v) is 16.2. The molecule has 0 saturated carbocycles. The van der Waals surface area contributed by atoms with Gasteiger partial charge in [0.15, 0.2) is 0 Å². The molecule has 98 valence electrons. The summed E-state index contributed by atoms with van der Waals surface area (Å²) in [4.78, 5) is 0. The van der Waals surface area contributed by atoms with Gasteiger partial charge in [-0.3, -0.25) is 0 Å². The number of hydrogen-bond donors (Lipinski definition) is 0. The van der Waals surface area contributed by atoms with E-state index in [-0.39, 0.29) is 24.8 Å². The molecule has 1 heterocycles. The number of rotatable bonds is 2. The molecule has 0 aromatic rings. The normalized spacial score (nSPS) is 21.6. The largest absolute Gasteiger partial charge is 1.00 e. The zero-order valence-electron chi connectivity index (χ0n) is 11.0. The quantitative estimate of drug-likeness (QED) is 0.540. The summed E-state index contributed by atoms with van der Waals surface area (Å²) in [5.41, 5.74) is 0. The van der Waals surface area contributed by atoms with Crippen LogP contribution in [0.1, 0.15) is 26.7 Å². The zero-order valence-corrected chi connectivity index (χ0v) is 14.1. The fraction of sp³-hybridized carbons (Fsp3) is 0.400. The van der Waals surface area contributed by atoms with Crippen LogP contribution in [0.4, 0.5) is 0 Å². The van der Waals surface area contributed by atoms with Gasteiger partial charge in [0, 0.05) is 0 Å². The van der Waals surface area contributed by atoms with E-state index in [9.17, 15) is 0 Å². The number of allylic oxidation sites excluding steroid dienone is 8. The van der Waals surface area contributed by atoms with Crippen molar-refractivity contribution in [1.82, 2.24) is 0 Å². The van der Waals surface area contributed by atoms with E-state index in [2.05, 4.69) is 50.3 Å². The molecule has 0 amide bonds. The zero-order chi connectivity index (χ0) is 11.3. The van der Waals surface area contributed by atoms with Gasteiger partial charge in [0.25, 0.3) is 0 Å². The van der Waals surface area contributed by atoms with Gasteiger partial charge in [0.05, 0.1) is 0 Å². The maximum atomic E-state index is 2.44. The Bertz CT molecular complexity index is 497. The fourth-order valence-electron chi connectivity index (χ4n) is 3.97. The van der Waals surface area contributed by atoms with Crippen LogP contribution in [0, 0.1) is 0 Å². The summed E-state index contributed by atoms with van der Waals surface area (Å²) in [6, 6.07) is 0. The molecule has 0 aromatic heterocycles. The Kier molecular flexibility index (Phi) is 4.72. The molecule has 0 bridgehead atoms. The van der Waals surface area contributed by atoms with Crippen LogP contribution in [-0.4, -0.2) is 3.81 Å². The second kappa shape index (κ2) is 5.25. The van der Waals surface area contributed by atoms with Gasteiger partial charge in [-0.05, 0) is 0 Å². The Morgan fingerprint density at radius 1 is 0.889 bits per heavy atom. The first kappa shape index (κ1) is 16.2. The van der Waals surface area contributed by atoms with E-state index in [0.717, 1.165) is 0 Å². The molecule has 3 aliphatic rings. The Balaban J connectivity index is 0.000000810. The summed E-state index contributed by atoms with van der Waals surface area (Å²) >= 11 is -2.46. The van der Waals surface area contributed by atoms with Crippen LogP contribution in [0.5, 0.6) is 0 Å². The number of halogens is 2. The van der Waals surface area contributed by atoms with Crippen molar-refractivity contribution in [3.05, 3.63) is 44.2 Å². The van der Waals surface area contributed by atoms with Gasteiger partial charge in [0.1, 0.15) is 0 Å². The average Bonchev–Trinajstić information content (AvgIpc) is 2.79. The van der Waals surface area contributed by atoms with Crippen molar-refractivity contribution >= 4 is 3.81 Å². The first-order valence-electron chi connectivity index (χ1n) is 6.39. The molecule has 0 radical (unpaired) electrons. The Labute approximate surface area is 123 Å². The van der Waals surface area contributed by atoms with Gasteiger partial charge in [-0.25, -0.2) is 0 Å². The van der Waals surface area contributed by atoms with Crippen LogP contribution in [0.25, 0.3) is 0 Å². The van der Waals surface area contributed by atoms with Gasteiger partial charge < -0.3 is 24.8 Å². The van der Waals surface area contributed by atoms with E-state index in [4.69, 9.17) is 0 Å². The van der Waals surface area contributed by atoms with Crippen LogP contribution in [-0.2, 0) is 14.8 Å². The Morgan fingerprint density at radius 3 is 1.56 bits per heavy atom. The van der Waals surface area contributed by atoms with Crippen LogP contribution >= 0.6 is 0 Å². The van der Waals surface area contributed by atoms with Crippen molar-refractivity contribution in [2.75, 3.05) is 0 Å². The molecule has 1 aliphatic heterocycles. The molecular weight excluding hydrogens is 299 g/mol.